The predicted molar refractivity (Wildman–Crippen MR) is 73.3 cm³/mol. The van der Waals surface area contributed by atoms with Crippen molar-refractivity contribution in [2.24, 2.45) is 5.73 Å². The van der Waals surface area contributed by atoms with E-state index in [0.717, 1.165) is 0 Å². The summed E-state index contributed by atoms with van der Waals surface area (Å²) >= 11 is 0. The van der Waals surface area contributed by atoms with Gasteiger partial charge in [-0.2, -0.15) is 0 Å². The molecule has 0 radical (unpaired) electrons. The fourth-order valence-electron chi connectivity index (χ4n) is 1.36. The van der Waals surface area contributed by atoms with Crippen molar-refractivity contribution in [3.05, 3.63) is 29.8 Å². The lowest BCUT2D eigenvalue weighted by atomic mass is 10.2. The summed E-state index contributed by atoms with van der Waals surface area (Å²) in [7, 11) is 0. The Balaban J connectivity index is 2.61. The Morgan fingerprint density at radius 1 is 1.10 bits per heavy atom. The zero-order valence-electron chi connectivity index (χ0n) is 11.2. The van der Waals surface area contributed by atoms with Crippen LogP contribution < -0.4 is 16.4 Å². The van der Waals surface area contributed by atoms with Crippen LogP contribution in [0.1, 0.15) is 24.2 Å². The van der Waals surface area contributed by atoms with E-state index in [-0.39, 0.29) is 5.56 Å². The number of carboxylic acid groups (broad SMARTS) is 1. The second kappa shape index (κ2) is 6.67. The lowest BCUT2D eigenvalue weighted by Crippen LogP contribution is -2.47. The van der Waals surface area contributed by atoms with Crippen molar-refractivity contribution in [3.8, 4) is 0 Å². The van der Waals surface area contributed by atoms with E-state index in [4.69, 9.17) is 10.8 Å². The first-order valence-electron chi connectivity index (χ1n) is 6.01. The summed E-state index contributed by atoms with van der Waals surface area (Å²) in [5.41, 5.74) is 5.95. The third kappa shape index (κ3) is 4.36. The van der Waals surface area contributed by atoms with Crippen molar-refractivity contribution < 1.29 is 19.5 Å². The van der Waals surface area contributed by atoms with Gasteiger partial charge in [-0.25, -0.2) is 4.79 Å². The van der Waals surface area contributed by atoms with Gasteiger partial charge in [-0.3, -0.25) is 9.59 Å². The van der Waals surface area contributed by atoms with E-state index in [1.165, 1.54) is 38.1 Å². The second-order valence-corrected chi connectivity index (χ2v) is 4.39. The van der Waals surface area contributed by atoms with Crippen LogP contribution in [0.5, 0.6) is 0 Å². The first kappa shape index (κ1) is 15.6. The summed E-state index contributed by atoms with van der Waals surface area (Å²) in [6.45, 7) is 3.05. The Kier molecular flexibility index (Phi) is 5.22. The molecule has 7 heteroatoms. The Morgan fingerprint density at radius 2 is 1.65 bits per heavy atom. The highest BCUT2D eigenvalue weighted by Crippen LogP contribution is 2.09. The van der Waals surface area contributed by atoms with Crippen LogP contribution in [0, 0.1) is 0 Å². The van der Waals surface area contributed by atoms with Gasteiger partial charge < -0.3 is 21.5 Å². The zero-order chi connectivity index (χ0) is 15.3. The van der Waals surface area contributed by atoms with Crippen LogP contribution in [0.3, 0.4) is 0 Å². The molecule has 0 aliphatic carbocycles. The van der Waals surface area contributed by atoms with Gasteiger partial charge in [0.05, 0.1) is 11.6 Å². The van der Waals surface area contributed by atoms with Crippen LogP contribution in [-0.2, 0) is 9.59 Å². The molecule has 7 nitrogen and oxygen atoms in total. The molecule has 0 spiro atoms. The highest BCUT2D eigenvalue weighted by atomic mass is 16.4. The number of nitrogens with two attached hydrogens (primary N) is 1. The van der Waals surface area contributed by atoms with Crippen molar-refractivity contribution in [3.63, 3.8) is 0 Å². The molecule has 2 unspecified atom stereocenters. The third-order valence-corrected chi connectivity index (χ3v) is 2.56. The minimum atomic E-state index is -1.04. The molecule has 0 aliphatic rings. The van der Waals surface area contributed by atoms with Crippen LogP contribution in [0.4, 0.5) is 5.69 Å². The third-order valence-electron chi connectivity index (χ3n) is 2.56. The molecule has 108 valence electrons. The standard InChI is InChI=1S/C13H17N3O4/c1-7(14)11(17)15-8(2)12(18)16-10-5-3-9(4-6-10)13(19)20/h3-8H,14H2,1-2H3,(H,15,17)(H,16,18)(H,19,20). The first-order chi connectivity index (χ1) is 9.31. The summed E-state index contributed by atoms with van der Waals surface area (Å²) < 4.78 is 0. The Morgan fingerprint density at radius 3 is 2.10 bits per heavy atom. The summed E-state index contributed by atoms with van der Waals surface area (Å²) in [6.07, 6.45) is 0. The maximum atomic E-state index is 11.8. The van der Waals surface area contributed by atoms with Crippen molar-refractivity contribution >= 4 is 23.5 Å². The molecule has 0 bridgehead atoms. The van der Waals surface area contributed by atoms with Crippen molar-refractivity contribution in [2.75, 3.05) is 5.32 Å². The van der Waals surface area contributed by atoms with E-state index >= 15 is 0 Å². The molecule has 1 aromatic rings. The van der Waals surface area contributed by atoms with Gasteiger partial charge in [0, 0.05) is 5.69 Å². The number of anilines is 1. The number of carboxylic acids is 1. The Hall–Kier alpha value is -2.41. The lowest BCUT2D eigenvalue weighted by Gasteiger charge is -2.15. The highest BCUT2D eigenvalue weighted by molar-refractivity contribution is 5.98. The molecule has 0 saturated heterocycles. The molecular weight excluding hydrogens is 262 g/mol. The van der Waals surface area contributed by atoms with E-state index in [9.17, 15) is 14.4 Å². The summed E-state index contributed by atoms with van der Waals surface area (Å²) in [6, 6.07) is 4.27. The smallest absolute Gasteiger partial charge is 0.335 e. The summed E-state index contributed by atoms with van der Waals surface area (Å²) in [5.74, 6) is -1.88. The SMILES string of the molecule is CC(N)C(=O)NC(C)C(=O)Nc1ccc(C(=O)O)cc1. The van der Waals surface area contributed by atoms with Gasteiger partial charge in [0.1, 0.15) is 6.04 Å². The summed E-state index contributed by atoms with van der Waals surface area (Å²) in [5, 5.41) is 13.8. The van der Waals surface area contributed by atoms with E-state index in [1.807, 2.05) is 0 Å². The molecule has 2 atom stereocenters. The van der Waals surface area contributed by atoms with Crippen molar-refractivity contribution in [1.82, 2.24) is 5.32 Å². The Bertz CT molecular complexity index is 511. The molecule has 2 amide bonds. The van der Waals surface area contributed by atoms with E-state index in [2.05, 4.69) is 10.6 Å². The molecule has 0 aromatic heterocycles. The normalized spacial score (nSPS) is 13.2. The molecule has 1 aromatic carbocycles. The average Bonchev–Trinajstić information content (AvgIpc) is 2.38. The molecule has 20 heavy (non-hydrogen) atoms. The number of hydrogen-bond donors (Lipinski definition) is 4. The quantitative estimate of drug-likeness (QED) is 0.612. The van der Waals surface area contributed by atoms with Crippen LogP contribution in [0.25, 0.3) is 0 Å². The molecule has 0 heterocycles. The largest absolute Gasteiger partial charge is 0.478 e. The predicted octanol–water partition coefficient (Wildman–Crippen LogP) is 0.175. The van der Waals surface area contributed by atoms with E-state index in [1.54, 1.807) is 0 Å². The van der Waals surface area contributed by atoms with Gasteiger partial charge >= 0.3 is 5.97 Å². The number of carbonyl (C=O) groups excluding carboxylic acids is 2. The van der Waals surface area contributed by atoms with Gasteiger partial charge in [-0.1, -0.05) is 0 Å². The van der Waals surface area contributed by atoms with Gasteiger partial charge in [0.25, 0.3) is 0 Å². The Labute approximate surface area is 116 Å². The fourth-order valence-corrected chi connectivity index (χ4v) is 1.36. The van der Waals surface area contributed by atoms with E-state index < -0.39 is 29.9 Å². The minimum absolute atomic E-state index is 0.126. The number of hydrogen-bond acceptors (Lipinski definition) is 4. The minimum Gasteiger partial charge on any atom is -0.478 e. The van der Waals surface area contributed by atoms with E-state index in [0.29, 0.717) is 5.69 Å². The van der Waals surface area contributed by atoms with Crippen LogP contribution >= 0.6 is 0 Å². The number of amides is 2. The molecule has 1 rings (SSSR count). The lowest BCUT2D eigenvalue weighted by molar-refractivity contribution is -0.126. The first-order valence-corrected chi connectivity index (χ1v) is 6.01. The van der Waals surface area contributed by atoms with Crippen molar-refractivity contribution in [2.45, 2.75) is 25.9 Å². The van der Waals surface area contributed by atoms with Crippen LogP contribution in [0.15, 0.2) is 24.3 Å². The topological polar surface area (TPSA) is 122 Å². The monoisotopic (exact) mass is 279 g/mol. The molecule has 5 N–H and O–H groups in total. The number of nitrogens with one attached hydrogen (secondary N) is 2. The number of carbonyl (C=O) groups is 3. The molecule has 0 aliphatic heterocycles. The highest BCUT2D eigenvalue weighted by Gasteiger charge is 2.17. The van der Waals surface area contributed by atoms with Crippen molar-refractivity contribution in [1.29, 1.82) is 0 Å². The number of benzene rings is 1. The van der Waals surface area contributed by atoms with Crippen LogP contribution in [-0.4, -0.2) is 35.0 Å². The molecular formula is C13H17N3O4. The van der Waals surface area contributed by atoms with Crippen LogP contribution in [0.2, 0.25) is 0 Å². The zero-order valence-corrected chi connectivity index (χ0v) is 11.2. The number of aromatic carboxylic acids is 1. The van der Waals surface area contributed by atoms with Gasteiger partial charge in [0.15, 0.2) is 0 Å². The van der Waals surface area contributed by atoms with Gasteiger partial charge in [0.2, 0.25) is 11.8 Å². The number of rotatable bonds is 5. The maximum absolute atomic E-state index is 11.8. The second-order valence-electron chi connectivity index (χ2n) is 4.39. The summed E-state index contributed by atoms with van der Waals surface area (Å²) in [4.78, 5) is 33.8. The van der Waals surface area contributed by atoms with Gasteiger partial charge in [-0.15, -0.1) is 0 Å². The molecule has 0 saturated carbocycles. The maximum Gasteiger partial charge on any atom is 0.335 e. The molecule has 0 fully saturated rings. The average molecular weight is 279 g/mol. The fraction of sp³-hybridized carbons (Fsp3) is 0.308. The van der Waals surface area contributed by atoms with Gasteiger partial charge in [-0.05, 0) is 38.1 Å².